The van der Waals surface area contributed by atoms with Crippen LogP contribution in [-0.4, -0.2) is 31.0 Å². The molecule has 1 aromatic heterocycles. The summed E-state index contributed by atoms with van der Waals surface area (Å²) in [5.74, 6) is 0.146. The molecule has 156 valence electrons. The Kier molecular flexibility index (Phi) is 6.97. The van der Waals surface area contributed by atoms with Gasteiger partial charge in [0.2, 0.25) is 5.91 Å². The fraction of sp³-hybridized carbons (Fsp3) is 0.190. The first-order valence-electron chi connectivity index (χ1n) is 9.01. The van der Waals surface area contributed by atoms with Gasteiger partial charge in [-0.15, -0.1) is 11.3 Å². The van der Waals surface area contributed by atoms with Gasteiger partial charge in [-0.2, -0.15) is 0 Å². The first-order valence-corrected chi connectivity index (χ1v) is 9.89. The van der Waals surface area contributed by atoms with E-state index >= 15 is 0 Å². The molecule has 0 fully saturated rings. The van der Waals surface area contributed by atoms with Gasteiger partial charge in [0, 0.05) is 29.1 Å². The molecule has 2 aromatic carbocycles. The van der Waals surface area contributed by atoms with E-state index in [1.54, 1.807) is 30.7 Å². The molecular formula is C21H20FN3O4S. The van der Waals surface area contributed by atoms with Gasteiger partial charge >= 0.3 is 0 Å². The van der Waals surface area contributed by atoms with E-state index < -0.39 is 5.82 Å². The van der Waals surface area contributed by atoms with Crippen molar-refractivity contribution in [3.63, 3.8) is 0 Å². The number of nitrogens with zero attached hydrogens (tertiary/aromatic N) is 1. The van der Waals surface area contributed by atoms with Crippen LogP contribution >= 0.6 is 11.3 Å². The predicted octanol–water partition coefficient (Wildman–Crippen LogP) is 4.12. The second-order valence-corrected chi connectivity index (χ2v) is 7.08. The van der Waals surface area contributed by atoms with E-state index in [4.69, 9.17) is 9.47 Å². The smallest absolute Gasteiger partial charge is 0.257 e. The van der Waals surface area contributed by atoms with Crippen LogP contribution in [0, 0.1) is 5.82 Å². The molecule has 3 aromatic rings. The fourth-order valence-electron chi connectivity index (χ4n) is 2.63. The van der Waals surface area contributed by atoms with E-state index in [2.05, 4.69) is 15.6 Å². The van der Waals surface area contributed by atoms with Crippen molar-refractivity contribution in [1.82, 2.24) is 4.98 Å². The van der Waals surface area contributed by atoms with Crippen LogP contribution < -0.4 is 20.1 Å². The Balaban J connectivity index is 1.52. The van der Waals surface area contributed by atoms with E-state index in [0.717, 1.165) is 0 Å². The van der Waals surface area contributed by atoms with Crippen molar-refractivity contribution in [2.75, 3.05) is 24.9 Å². The van der Waals surface area contributed by atoms with Crippen LogP contribution in [0.1, 0.15) is 22.5 Å². The number of carbonyl (C=O) groups is 2. The van der Waals surface area contributed by atoms with E-state index in [9.17, 15) is 14.0 Å². The summed E-state index contributed by atoms with van der Waals surface area (Å²) < 4.78 is 23.3. The summed E-state index contributed by atoms with van der Waals surface area (Å²) in [6.45, 7) is 0. The van der Waals surface area contributed by atoms with Gasteiger partial charge in [-0.3, -0.25) is 14.9 Å². The number of halogens is 1. The van der Waals surface area contributed by atoms with Crippen LogP contribution in [0.3, 0.4) is 0 Å². The molecule has 0 atom stereocenters. The van der Waals surface area contributed by atoms with Gasteiger partial charge in [-0.25, -0.2) is 9.37 Å². The molecule has 0 unspecified atom stereocenters. The highest BCUT2D eigenvalue weighted by Crippen LogP contribution is 2.29. The van der Waals surface area contributed by atoms with Crippen molar-refractivity contribution in [3.8, 4) is 11.5 Å². The minimum atomic E-state index is -0.408. The topological polar surface area (TPSA) is 89.6 Å². The normalized spacial score (nSPS) is 10.4. The zero-order chi connectivity index (χ0) is 21.5. The van der Waals surface area contributed by atoms with Crippen LogP contribution in [0.15, 0.2) is 47.8 Å². The number of methoxy groups -OCH3 is 2. The van der Waals surface area contributed by atoms with Gasteiger partial charge in [0.15, 0.2) is 16.6 Å². The maximum atomic E-state index is 13.0. The van der Waals surface area contributed by atoms with Crippen LogP contribution in [0.5, 0.6) is 11.5 Å². The van der Waals surface area contributed by atoms with E-state index in [1.807, 2.05) is 0 Å². The lowest BCUT2D eigenvalue weighted by Gasteiger charge is -2.10. The number of hydrogen-bond acceptors (Lipinski definition) is 6. The van der Waals surface area contributed by atoms with Gasteiger partial charge in [0.25, 0.3) is 5.91 Å². The number of ether oxygens (including phenoxy) is 2. The Morgan fingerprint density at radius 2 is 1.77 bits per heavy atom. The van der Waals surface area contributed by atoms with Gasteiger partial charge in [0.05, 0.1) is 19.9 Å². The summed E-state index contributed by atoms with van der Waals surface area (Å²) in [4.78, 5) is 28.7. The molecular weight excluding hydrogens is 409 g/mol. The number of amides is 2. The van der Waals surface area contributed by atoms with Gasteiger partial charge < -0.3 is 14.8 Å². The second kappa shape index (κ2) is 9.84. The van der Waals surface area contributed by atoms with Gasteiger partial charge in [-0.05, 0) is 42.8 Å². The number of thiazole rings is 1. The zero-order valence-corrected chi connectivity index (χ0v) is 17.2. The van der Waals surface area contributed by atoms with Crippen molar-refractivity contribution in [3.05, 3.63) is 64.9 Å². The molecule has 3 rings (SSSR count). The largest absolute Gasteiger partial charge is 0.493 e. The minimum absolute atomic E-state index is 0.174. The number of anilines is 2. The van der Waals surface area contributed by atoms with E-state index in [1.165, 1.54) is 42.7 Å². The Labute approximate surface area is 176 Å². The minimum Gasteiger partial charge on any atom is -0.493 e. The number of aryl methyl sites for hydroxylation is 1. The molecule has 0 saturated heterocycles. The number of benzene rings is 2. The molecule has 9 heteroatoms. The Bertz CT molecular complexity index is 1040. The molecule has 0 bridgehead atoms. The van der Waals surface area contributed by atoms with Crippen molar-refractivity contribution in [2.24, 2.45) is 0 Å². The highest BCUT2D eigenvalue weighted by molar-refractivity contribution is 7.14. The third-order valence-corrected chi connectivity index (χ3v) is 4.96. The summed E-state index contributed by atoms with van der Waals surface area (Å²) in [5, 5.41) is 7.67. The van der Waals surface area contributed by atoms with Crippen molar-refractivity contribution in [1.29, 1.82) is 0 Å². The van der Waals surface area contributed by atoms with Gasteiger partial charge in [-0.1, -0.05) is 0 Å². The summed E-state index contributed by atoms with van der Waals surface area (Å²) in [5.41, 5.74) is 1.63. The Morgan fingerprint density at radius 3 is 2.47 bits per heavy atom. The molecule has 0 radical (unpaired) electrons. The Hall–Kier alpha value is -3.46. The third-order valence-electron chi connectivity index (χ3n) is 4.15. The van der Waals surface area contributed by atoms with Crippen LogP contribution in [0.2, 0.25) is 0 Å². The number of carbonyl (C=O) groups excluding carboxylic acids is 2. The first kappa shape index (κ1) is 21.3. The van der Waals surface area contributed by atoms with Crippen molar-refractivity contribution in [2.45, 2.75) is 12.8 Å². The third kappa shape index (κ3) is 5.54. The monoisotopic (exact) mass is 429 g/mol. The summed E-state index contributed by atoms with van der Waals surface area (Å²) in [6, 6.07) is 10.4. The predicted molar refractivity (Wildman–Crippen MR) is 113 cm³/mol. The average molecular weight is 429 g/mol. The molecule has 30 heavy (non-hydrogen) atoms. The summed E-state index contributed by atoms with van der Waals surface area (Å²) >= 11 is 1.26. The molecule has 2 N–H and O–H groups in total. The SMILES string of the molecule is COc1ccc(NC(=O)CCc2csc(NC(=O)c3ccc(F)cc3)n2)cc1OC. The average Bonchev–Trinajstić information content (AvgIpc) is 3.20. The number of nitrogens with one attached hydrogen (secondary N) is 2. The lowest BCUT2D eigenvalue weighted by molar-refractivity contribution is -0.116. The maximum absolute atomic E-state index is 13.0. The number of rotatable bonds is 8. The molecule has 0 saturated carbocycles. The maximum Gasteiger partial charge on any atom is 0.257 e. The molecule has 2 amide bonds. The zero-order valence-electron chi connectivity index (χ0n) is 16.4. The molecule has 0 spiro atoms. The summed E-state index contributed by atoms with van der Waals surface area (Å²) in [7, 11) is 3.07. The quantitative estimate of drug-likeness (QED) is 0.562. The lowest BCUT2D eigenvalue weighted by Crippen LogP contribution is -2.13. The number of hydrogen-bond donors (Lipinski definition) is 2. The first-order chi connectivity index (χ1) is 14.5. The van der Waals surface area contributed by atoms with Crippen LogP contribution in [0.4, 0.5) is 15.2 Å². The highest BCUT2D eigenvalue weighted by Gasteiger charge is 2.11. The summed E-state index contributed by atoms with van der Waals surface area (Å²) in [6.07, 6.45) is 0.644. The molecule has 0 aliphatic rings. The van der Waals surface area contributed by atoms with E-state index in [-0.39, 0.29) is 18.2 Å². The van der Waals surface area contributed by atoms with Crippen molar-refractivity contribution >= 4 is 34.0 Å². The molecule has 0 aliphatic heterocycles. The fourth-order valence-corrected chi connectivity index (χ4v) is 3.37. The Morgan fingerprint density at radius 1 is 1.03 bits per heavy atom. The molecule has 0 aliphatic carbocycles. The van der Waals surface area contributed by atoms with Crippen LogP contribution in [0.25, 0.3) is 0 Å². The second-order valence-electron chi connectivity index (χ2n) is 6.22. The molecule has 1 heterocycles. The lowest BCUT2D eigenvalue weighted by atomic mass is 10.2. The highest BCUT2D eigenvalue weighted by atomic mass is 32.1. The molecule has 7 nitrogen and oxygen atoms in total. The van der Waals surface area contributed by atoms with Gasteiger partial charge in [0.1, 0.15) is 5.82 Å². The number of aromatic nitrogens is 1. The van der Waals surface area contributed by atoms with E-state index in [0.29, 0.717) is 40.0 Å². The van der Waals surface area contributed by atoms with Crippen molar-refractivity contribution < 1.29 is 23.5 Å². The standard InChI is InChI=1S/C21H20FN3O4S/c1-28-17-9-7-15(11-18(17)29-2)23-19(26)10-8-16-12-30-21(24-16)25-20(27)13-3-5-14(22)6-4-13/h3-7,9,11-12H,8,10H2,1-2H3,(H,23,26)(H,24,25,27). The van der Waals surface area contributed by atoms with Crippen LogP contribution in [-0.2, 0) is 11.2 Å².